The third kappa shape index (κ3) is 4.55. The van der Waals surface area contributed by atoms with Gasteiger partial charge in [-0.2, -0.15) is 0 Å². The van der Waals surface area contributed by atoms with Crippen molar-refractivity contribution in [2.75, 3.05) is 0 Å². The highest BCUT2D eigenvalue weighted by molar-refractivity contribution is 5.16. The highest BCUT2D eigenvalue weighted by atomic mass is 19.1. The Morgan fingerprint density at radius 3 is 2.30 bits per heavy atom. The molecule has 186 valence electrons. The summed E-state index contributed by atoms with van der Waals surface area (Å²) in [6.07, 6.45) is 14.0. The van der Waals surface area contributed by atoms with Gasteiger partial charge in [0.2, 0.25) is 0 Å². The zero-order valence-corrected chi connectivity index (χ0v) is 22.0. The predicted octanol–water partition coefficient (Wildman–Crippen LogP) is 8.44. The van der Waals surface area contributed by atoms with E-state index in [-0.39, 0.29) is 11.9 Å². The Labute approximate surface area is 202 Å². The van der Waals surface area contributed by atoms with E-state index in [0.717, 1.165) is 54.8 Å². The molecule has 4 fully saturated rings. The molecule has 0 saturated heterocycles. The van der Waals surface area contributed by atoms with Crippen LogP contribution in [0.1, 0.15) is 104 Å². The lowest BCUT2D eigenvalue weighted by atomic mass is 9.44. The monoisotopic (exact) mass is 456 g/mol. The summed E-state index contributed by atoms with van der Waals surface area (Å²) >= 11 is 0. The molecular formula is C31H49FO. The van der Waals surface area contributed by atoms with Crippen molar-refractivity contribution in [3.63, 3.8) is 0 Å². The number of hydrogen-bond donors (Lipinski definition) is 1. The first-order valence-corrected chi connectivity index (χ1v) is 14.2. The van der Waals surface area contributed by atoms with Gasteiger partial charge in [-0.1, -0.05) is 46.8 Å². The van der Waals surface area contributed by atoms with Gasteiger partial charge < -0.3 is 5.11 Å². The average molecular weight is 457 g/mol. The van der Waals surface area contributed by atoms with Crippen molar-refractivity contribution in [2.24, 2.45) is 46.3 Å². The Balaban J connectivity index is 0.00000126. The molecule has 5 rings (SSSR count). The zero-order chi connectivity index (χ0) is 23.8. The minimum absolute atomic E-state index is 0.0405. The molecule has 0 spiro atoms. The summed E-state index contributed by atoms with van der Waals surface area (Å²) in [5.74, 6) is 4.94. The number of fused-ring (bicyclic) bond motifs is 5. The first-order chi connectivity index (χ1) is 15.8. The van der Waals surface area contributed by atoms with E-state index in [2.05, 4.69) is 20.8 Å². The molecule has 1 aromatic rings. The van der Waals surface area contributed by atoms with Crippen LogP contribution in [0.15, 0.2) is 24.3 Å². The van der Waals surface area contributed by atoms with Crippen LogP contribution in [-0.4, -0.2) is 11.2 Å². The average Bonchev–Trinajstić information content (AvgIpc) is 3.17. The quantitative estimate of drug-likeness (QED) is 0.482. The highest BCUT2D eigenvalue weighted by Crippen LogP contribution is 2.68. The van der Waals surface area contributed by atoms with Gasteiger partial charge in [0.15, 0.2) is 0 Å². The smallest absolute Gasteiger partial charge is 0.123 e. The van der Waals surface area contributed by atoms with Gasteiger partial charge in [0, 0.05) is 0 Å². The van der Waals surface area contributed by atoms with Crippen LogP contribution in [0.3, 0.4) is 0 Å². The Kier molecular flexibility index (Phi) is 7.64. The Bertz CT molecular complexity index is 774. The summed E-state index contributed by atoms with van der Waals surface area (Å²) in [6, 6.07) is 7.14. The molecule has 0 radical (unpaired) electrons. The fraction of sp³-hybridized carbons (Fsp3) is 0.806. The van der Waals surface area contributed by atoms with Crippen molar-refractivity contribution in [1.29, 1.82) is 0 Å². The number of rotatable bonds is 4. The third-order valence-corrected chi connectivity index (χ3v) is 11.2. The van der Waals surface area contributed by atoms with Crippen molar-refractivity contribution in [3.05, 3.63) is 35.6 Å². The van der Waals surface area contributed by atoms with Crippen LogP contribution >= 0.6 is 0 Å². The summed E-state index contributed by atoms with van der Waals surface area (Å²) in [6.45, 7) is 11.7. The van der Waals surface area contributed by atoms with Gasteiger partial charge in [-0.05, 0) is 135 Å². The van der Waals surface area contributed by atoms with Gasteiger partial charge in [-0.3, -0.25) is 0 Å². The van der Waals surface area contributed by atoms with Gasteiger partial charge in [-0.25, -0.2) is 4.39 Å². The second-order valence-electron chi connectivity index (χ2n) is 12.5. The van der Waals surface area contributed by atoms with E-state index < -0.39 is 0 Å². The SMILES string of the molecule is CC.CC(CCc1ccc(F)cc1)C1CCC2C3CCC4CC(O)CCC4(C)C3CCC12C. The summed E-state index contributed by atoms with van der Waals surface area (Å²) < 4.78 is 13.2. The van der Waals surface area contributed by atoms with Crippen LogP contribution in [0.5, 0.6) is 0 Å². The second-order valence-corrected chi connectivity index (χ2v) is 12.5. The lowest BCUT2D eigenvalue weighted by molar-refractivity contribution is -0.129. The lowest BCUT2D eigenvalue weighted by Gasteiger charge is -2.61. The van der Waals surface area contributed by atoms with Gasteiger partial charge in [0.05, 0.1) is 6.10 Å². The van der Waals surface area contributed by atoms with Crippen molar-refractivity contribution in [3.8, 4) is 0 Å². The van der Waals surface area contributed by atoms with Crippen molar-refractivity contribution in [2.45, 2.75) is 111 Å². The number of aliphatic hydroxyl groups excluding tert-OH is 1. The predicted molar refractivity (Wildman–Crippen MR) is 136 cm³/mol. The van der Waals surface area contributed by atoms with Crippen LogP contribution in [0, 0.1) is 52.2 Å². The van der Waals surface area contributed by atoms with Crippen molar-refractivity contribution in [1.82, 2.24) is 0 Å². The fourth-order valence-electron chi connectivity index (χ4n) is 9.46. The zero-order valence-electron chi connectivity index (χ0n) is 22.0. The van der Waals surface area contributed by atoms with Crippen LogP contribution < -0.4 is 0 Å². The molecule has 33 heavy (non-hydrogen) atoms. The standard InChI is InChI=1S/C29H43FO.C2H6/c1-19(4-5-20-6-9-22(30)10-7-20)25-12-13-26-24-11-8-21-18-23(31)14-16-28(21,2)27(24)15-17-29(25,26)3;1-2/h6-7,9-10,19,21,23-27,31H,4-5,8,11-18H2,1-3H3;1-2H3. The fourth-order valence-corrected chi connectivity index (χ4v) is 9.46. The maximum absolute atomic E-state index is 13.2. The van der Waals surface area contributed by atoms with E-state index in [1.54, 1.807) is 12.1 Å². The molecule has 2 heteroatoms. The van der Waals surface area contributed by atoms with Gasteiger partial charge in [-0.15, -0.1) is 0 Å². The summed E-state index contributed by atoms with van der Waals surface area (Å²) in [7, 11) is 0. The normalized spacial score (nSPS) is 42.9. The molecule has 9 atom stereocenters. The molecule has 4 aliphatic carbocycles. The first-order valence-electron chi connectivity index (χ1n) is 14.2. The largest absolute Gasteiger partial charge is 0.393 e. The molecule has 1 N–H and O–H groups in total. The van der Waals surface area contributed by atoms with E-state index in [1.165, 1.54) is 56.9 Å². The Hall–Kier alpha value is -0.890. The maximum atomic E-state index is 13.2. The molecule has 0 amide bonds. The molecule has 0 aliphatic heterocycles. The third-order valence-electron chi connectivity index (χ3n) is 11.2. The molecule has 4 saturated carbocycles. The summed E-state index contributed by atoms with van der Waals surface area (Å²) in [5, 5.41) is 10.3. The van der Waals surface area contributed by atoms with E-state index in [4.69, 9.17) is 0 Å². The molecule has 0 heterocycles. The number of benzene rings is 1. The molecule has 0 bridgehead atoms. The topological polar surface area (TPSA) is 20.2 Å². The van der Waals surface area contributed by atoms with Gasteiger partial charge >= 0.3 is 0 Å². The first kappa shape index (κ1) is 25.2. The second kappa shape index (κ2) is 10.00. The number of hydrogen-bond acceptors (Lipinski definition) is 1. The minimum Gasteiger partial charge on any atom is -0.393 e. The van der Waals surface area contributed by atoms with Gasteiger partial charge in [0.25, 0.3) is 0 Å². The van der Waals surface area contributed by atoms with E-state index >= 15 is 0 Å². The number of aliphatic hydroxyl groups is 1. The highest BCUT2D eigenvalue weighted by Gasteiger charge is 2.60. The number of halogens is 1. The number of aryl methyl sites for hydroxylation is 1. The van der Waals surface area contributed by atoms with E-state index in [9.17, 15) is 9.50 Å². The maximum Gasteiger partial charge on any atom is 0.123 e. The lowest BCUT2D eigenvalue weighted by Crippen LogP contribution is -2.54. The van der Waals surface area contributed by atoms with Crippen molar-refractivity contribution < 1.29 is 9.50 Å². The molecule has 4 aliphatic rings. The Morgan fingerprint density at radius 1 is 0.909 bits per heavy atom. The van der Waals surface area contributed by atoms with E-state index in [1.807, 2.05) is 26.0 Å². The van der Waals surface area contributed by atoms with Crippen LogP contribution in [-0.2, 0) is 6.42 Å². The van der Waals surface area contributed by atoms with Crippen LogP contribution in [0.2, 0.25) is 0 Å². The van der Waals surface area contributed by atoms with Crippen LogP contribution in [0.4, 0.5) is 4.39 Å². The molecule has 0 aromatic heterocycles. The van der Waals surface area contributed by atoms with Gasteiger partial charge in [0.1, 0.15) is 5.82 Å². The molecule has 1 aromatic carbocycles. The van der Waals surface area contributed by atoms with Crippen molar-refractivity contribution >= 4 is 0 Å². The molecule has 1 nitrogen and oxygen atoms in total. The van der Waals surface area contributed by atoms with Crippen LogP contribution in [0.25, 0.3) is 0 Å². The minimum atomic E-state index is -0.129. The summed E-state index contributed by atoms with van der Waals surface area (Å²) in [5.41, 5.74) is 2.28. The van der Waals surface area contributed by atoms with E-state index in [0.29, 0.717) is 10.8 Å². The summed E-state index contributed by atoms with van der Waals surface area (Å²) in [4.78, 5) is 0. The molecular weight excluding hydrogens is 407 g/mol. The Morgan fingerprint density at radius 2 is 1.58 bits per heavy atom. The molecule has 9 unspecified atom stereocenters.